The van der Waals surface area contributed by atoms with Gasteiger partial charge in [0, 0.05) is 18.7 Å². The number of benzene rings is 2. The van der Waals surface area contributed by atoms with Crippen LogP contribution in [0.1, 0.15) is 12.5 Å². The van der Waals surface area contributed by atoms with Gasteiger partial charge in [-0.05, 0) is 42.8 Å². The Bertz CT molecular complexity index is 734. The zero-order chi connectivity index (χ0) is 18.4. The molecule has 2 amide bonds. The van der Waals surface area contributed by atoms with Gasteiger partial charge in [0.1, 0.15) is 5.75 Å². The molecule has 0 spiro atoms. The normalized spacial score (nSPS) is 13.0. The van der Waals surface area contributed by atoms with Gasteiger partial charge in [-0.25, -0.2) is 4.79 Å². The maximum Gasteiger partial charge on any atom is 0.319 e. The van der Waals surface area contributed by atoms with Crippen molar-refractivity contribution in [2.45, 2.75) is 18.9 Å². The molecule has 25 heavy (non-hydrogen) atoms. The number of carbonyl (C=O) groups is 1. The number of methoxy groups -OCH3 is 1. The van der Waals surface area contributed by atoms with E-state index in [2.05, 4.69) is 10.6 Å². The first-order valence-electron chi connectivity index (χ1n) is 7.64. The molecule has 0 heterocycles. The third-order valence-electron chi connectivity index (χ3n) is 3.55. The van der Waals surface area contributed by atoms with Crippen molar-refractivity contribution in [3.63, 3.8) is 0 Å². The van der Waals surface area contributed by atoms with Crippen LogP contribution in [0, 0.1) is 0 Å². The Hall–Kier alpha value is -1.95. The number of ether oxygens (including phenoxy) is 1. The molecule has 0 bridgehead atoms. The van der Waals surface area contributed by atoms with Crippen LogP contribution in [0.15, 0.2) is 42.5 Å². The van der Waals surface area contributed by atoms with Gasteiger partial charge in [-0.1, -0.05) is 35.3 Å². The number of hydrogen-bond donors (Lipinski definition) is 3. The lowest BCUT2D eigenvalue weighted by atomic mass is 9.96. The maximum atomic E-state index is 12.0. The molecule has 0 aliphatic heterocycles. The van der Waals surface area contributed by atoms with E-state index in [0.717, 1.165) is 11.3 Å². The van der Waals surface area contributed by atoms with Gasteiger partial charge in [0.2, 0.25) is 0 Å². The number of aliphatic hydroxyl groups is 1. The number of carbonyl (C=O) groups excluding carboxylic acids is 1. The molecule has 0 fully saturated rings. The average molecular weight is 383 g/mol. The van der Waals surface area contributed by atoms with Gasteiger partial charge in [-0.3, -0.25) is 0 Å². The van der Waals surface area contributed by atoms with E-state index < -0.39 is 11.6 Å². The number of urea groups is 1. The van der Waals surface area contributed by atoms with Crippen LogP contribution in [-0.4, -0.2) is 30.4 Å². The number of halogens is 2. The SMILES string of the molecule is COc1ccc(C[C@](C)(O)CNC(=O)Nc2ccc(Cl)c(Cl)c2)cc1. The summed E-state index contributed by atoms with van der Waals surface area (Å²) in [6, 6.07) is 11.8. The second-order valence-corrected chi connectivity index (χ2v) is 6.77. The van der Waals surface area contributed by atoms with E-state index in [-0.39, 0.29) is 6.54 Å². The molecule has 3 N–H and O–H groups in total. The van der Waals surface area contributed by atoms with Crippen molar-refractivity contribution in [1.82, 2.24) is 5.32 Å². The molecule has 0 radical (unpaired) electrons. The number of rotatable bonds is 6. The molecule has 0 unspecified atom stereocenters. The summed E-state index contributed by atoms with van der Waals surface area (Å²) in [5.74, 6) is 0.752. The summed E-state index contributed by atoms with van der Waals surface area (Å²) < 4.78 is 5.11. The van der Waals surface area contributed by atoms with Crippen LogP contribution in [0.5, 0.6) is 5.75 Å². The monoisotopic (exact) mass is 382 g/mol. The Morgan fingerprint density at radius 3 is 2.44 bits per heavy atom. The van der Waals surface area contributed by atoms with Crippen molar-refractivity contribution in [2.24, 2.45) is 0 Å². The van der Waals surface area contributed by atoms with Crippen LogP contribution >= 0.6 is 23.2 Å². The Balaban J connectivity index is 1.87. The molecular formula is C18H20Cl2N2O3. The van der Waals surface area contributed by atoms with E-state index in [0.29, 0.717) is 22.2 Å². The highest BCUT2D eigenvalue weighted by atomic mass is 35.5. The van der Waals surface area contributed by atoms with Crippen LogP contribution in [-0.2, 0) is 6.42 Å². The molecule has 0 saturated heterocycles. The van der Waals surface area contributed by atoms with E-state index in [1.807, 2.05) is 24.3 Å². The van der Waals surface area contributed by atoms with Crippen molar-refractivity contribution in [1.29, 1.82) is 0 Å². The van der Waals surface area contributed by atoms with Crippen molar-refractivity contribution in [3.05, 3.63) is 58.1 Å². The van der Waals surface area contributed by atoms with Crippen LogP contribution in [0.25, 0.3) is 0 Å². The van der Waals surface area contributed by atoms with Crippen molar-refractivity contribution in [3.8, 4) is 5.75 Å². The molecule has 7 heteroatoms. The van der Waals surface area contributed by atoms with E-state index in [4.69, 9.17) is 27.9 Å². The first kappa shape index (κ1) is 19.4. The number of amides is 2. The van der Waals surface area contributed by atoms with E-state index >= 15 is 0 Å². The largest absolute Gasteiger partial charge is 0.497 e. The fraction of sp³-hybridized carbons (Fsp3) is 0.278. The summed E-state index contributed by atoms with van der Waals surface area (Å²) >= 11 is 11.7. The maximum absolute atomic E-state index is 12.0. The minimum absolute atomic E-state index is 0.0895. The Morgan fingerprint density at radius 2 is 1.84 bits per heavy atom. The third kappa shape index (κ3) is 6.12. The van der Waals surface area contributed by atoms with E-state index in [1.165, 1.54) is 0 Å². The van der Waals surface area contributed by atoms with Gasteiger partial charge in [-0.2, -0.15) is 0 Å². The second kappa shape index (κ2) is 8.43. The average Bonchev–Trinajstić information content (AvgIpc) is 2.57. The topological polar surface area (TPSA) is 70.6 Å². The molecule has 0 aromatic heterocycles. The first-order valence-corrected chi connectivity index (χ1v) is 8.40. The van der Waals surface area contributed by atoms with Gasteiger partial charge >= 0.3 is 6.03 Å². The Morgan fingerprint density at radius 1 is 1.16 bits per heavy atom. The molecule has 2 rings (SSSR count). The van der Waals surface area contributed by atoms with Gasteiger partial charge in [-0.15, -0.1) is 0 Å². The lowest BCUT2D eigenvalue weighted by Gasteiger charge is -2.24. The highest BCUT2D eigenvalue weighted by Gasteiger charge is 2.22. The van der Waals surface area contributed by atoms with Crippen molar-refractivity contribution in [2.75, 3.05) is 19.0 Å². The van der Waals surface area contributed by atoms with E-state index in [1.54, 1.807) is 32.2 Å². The van der Waals surface area contributed by atoms with Crippen molar-refractivity contribution >= 4 is 34.9 Å². The highest BCUT2D eigenvalue weighted by Crippen LogP contribution is 2.25. The lowest BCUT2D eigenvalue weighted by molar-refractivity contribution is 0.0629. The zero-order valence-corrected chi connectivity index (χ0v) is 15.5. The van der Waals surface area contributed by atoms with Crippen LogP contribution < -0.4 is 15.4 Å². The summed E-state index contributed by atoms with van der Waals surface area (Å²) in [5.41, 5.74) is 0.364. The van der Waals surface area contributed by atoms with Gasteiger partial charge in [0.05, 0.1) is 22.8 Å². The number of anilines is 1. The number of nitrogens with one attached hydrogen (secondary N) is 2. The number of hydrogen-bond acceptors (Lipinski definition) is 3. The summed E-state index contributed by atoms with van der Waals surface area (Å²) in [5, 5.41) is 16.5. The highest BCUT2D eigenvalue weighted by molar-refractivity contribution is 6.42. The molecule has 2 aromatic carbocycles. The summed E-state index contributed by atoms with van der Waals surface area (Å²) in [6.07, 6.45) is 0.393. The van der Waals surface area contributed by atoms with Crippen LogP contribution in [0.3, 0.4) is 0 Å². The van der Waals surface area contributed by atoms with E-state index in [9.17, 15) is 9.90 Å². The quantitative estimate of drug-likeness (QED) is 0.703. The van der Waals surface area contributed by atoms with Gasteiger partial charge < -0.3 is 20.5 Å². The predicted octanol–water partition coefficient (Wildman–Crippen LogP) is 4.12. The fourth-order valence-electron chi connectivity index (χ4n) is 2.27. The Kier molecular flexibility index (Phi) is 6.53. The summed E-state index contributed by atoms with van der Waals surface area (Å²) in [4.78, 5) is 12.0. The Labute approximate surface area is 156 Å². The third-order valence-corrected chi connectivity index (χ3v) is 4.29. The fourth-order valence-corrected chi connectivity index (χ4v) is 2.56. The minimum Gasteiger partial charge on any atom is -0.497 e. The van der Waals surface area contributed by atoms with Gasteiger partial charge in [0.25, 0.3) is 0 Å². The molecule has 5 nitrogen and oxygen atoms in total. The smallest absolute Gasteiger partial charge is 0.319 e. The molecule has 0 aliphatic rings. The van der Waals surface area contributed by atoms with Crippen LogP contribution in [0.4, 0.5) is 10.5 Å². The summed E-state index contributed by atoms with van der Waals surface area (Å²) in [6.45, 7) is 1.75. The molecular weight excluding hydrogens is 363 g/mol. The zero-order valence-electron chi connectivity index (χ0n) is 14.0. The predicted molar refractivity (Wildman–Crippen MR) is 101 cm³/mol. The molecule has 0 saturated carbocycles. The second-order valence-electron chi connectivity index (χ2n) is 5.96. The standard InChI is InChI=1S/C18H20Cl2N2O3/c1-18(24,10-12-3-6-14(25-2)7-4-12)11-21-17(23)22-13-5-8-15(19)16(20)9-13/h3-9,24H,10-11H2,1-2H3,(H2,21,22,23)/t18-/m0/s1. The summed E-state index contributed by atoms with van der Waals surface area (Å²) in [7, 11) is 1.60. The lowest BCUT2D eigenvalue weighted by Crippen LogP contribution is -2.43. The van der Waals surface area contributed by atoms with Crippen molar-refractivity contribution < 1.29 is 14.6 Å². The molecule has 1 atom stereocenters. The van der Waals surface area contributed by atoms with Gasteiger partial charge in [0.15, 0.2) is 0 Å². The molecule has 134 valence electrons. The molecule has 2 aromatic rings. The minimum atomic E-state index is -1.09. The molecule has 0 aliphatic carbocycles. The first-order chi connectivity index (χ1) is 11.8. The van der Waals surface area contributed by atoms with Crippen LogP contribution in [0.2, 0.25) is 10.0 Å².